The molecule has 0 heterocycles. The molecule has 0 fully saturated rings. The smallest absolute Gasteiger partial charge is 0.0471 e. The quantitative estimate of drug-likeness (QED) is 0.737. The van der Waals surface area contributed by atoms with Crippen LogP contribution in [-0.4, -0.2) is 25.3 Å². The summed E-state index contributed by atoms with van der Waals surface area (Å²) in [5.74, 6) is 0. The second kappa shape index (κ2) is 7.54. The number of halogens is 1. The zero-order valence-electron chi connectivity index (χ0n) is 10.3. The van der Waals surface area contributed by atoms with Crippen LogP contribution in [0.1, 0.15) is 24.8 Å². The molecule has 0 radical (unpaired) electrons. The molecule has 1 aromatic rings. The number of hydrogen-bond acceptors (Lipinski definition) is 3. The predicted octanol–water partition coefficient (Wildman–Crippen LogP) is 2.40. The van der Waals surface area contributed by atoms with Gasteiger partial charge < -0.3 is 15.7 Å². The lowest BCUT2D eigenvalue weighted by Gasteiger charge is -2.20. The first-order chi connectivity index (χ1) is 8.19. The first kappa shape index (κ1) is 14.3. The lowest BCUT2D eigenvalue weighted by atomic mass is 10.2. The molecule has 1 aromatic carbocycles. The highest BCUT2D eigenvalue weighted by atomic mass is 35.5. The van der Waals surface area contributed by atoms with Crippen molar-refractivity contribution in [3.05, 3.63) is 28.8 Å². The molecule has 17 heavy (non-hydrogen) atoms. The second-order valence-electron chi connectivity index (χ2n) is 4.19. The van der Waals surface area contributed by atoms with Crippen LogP contribution < -0.4 is 10.6 Å². The molecule has 1 rings (SSSR count). The lowest BCUT2D eigenvalue weighted by molar-refractivity contribution is 0.283. The largest absolute Gasteiger partial charge is 0.396 e. The SMILES string of the molecule is CN(CCCCCO)c1ccc(CN)c(Cl)c1. The van der Waals surface area contributed by atoms with Crippen LogP contribution >= 0.6 is 11.6 Å². The van der Waals surface area contributed by atoms with Gasteiger partial charge in [-0.15, -0.1) is 0 Å². The van der Waals surface area contributed by atoms with Crippen molar-refractivity contribution in [1.82, 2.24) is 0 Å². The van der Waals surface area contributed by atoms with Gasteiger partial charge in [-0.1, -0.05) is 17.7 Å². The molecule has 4 heteroatoms. The van der Waals surface area contributed by atoms with E-state index in [0.29, 0.717) is 6.54 Å². The van der Waals surface area contributed by atoms with E-state index in [4.69, 9.17) is 22.4 Å². The van der Waals surface area contributed by atoms with Crippen LogP contribution in [0.3, 0.4) is 0 Å². The van der Waals surface area contributed by atoms with Crippen molar-refractivity contribution in [2.45, 2.75) is 25.8 Å². The summed E-state index contributed by atoms with van der Waals surface area (Å²) >= 11 is 6.12. The number of benzene rings is 1. The molecule has 0 spiro atoms. The molecule has 0 saturated carbocycles. The zero-order valence-corrected chi connectivity index (χ0v) is 11.1. The Balaban J connectivity index is 2.51. The molecule has 3 N–H and O–H groups in total. The van der Waals surface area contributed by atoms with Crippen LogP contribution in [-0.2, 0) is 6.54 Å². The minimum atomic E-state index is 0.279. The van der Waals surface area contributed by atoms with Crippen LogP contribution in [0.5, 0.6) is 0 Å². The molecule has 0 atom stereocenters. The number of nitrogens with two attached hydrogens (primary N) is 1. The summed E-state index contributed by atoms with van der Waals surface area (Å²) in [5, 5.41) is 9.43. The Morgan fingerprint density at radius 3 is 2.65 bits per heavy atom. The van der Waals surface area contributed by atoms with E-state index in [1.807, 2.05) is 25.2 Å². The Morgan fingerprint density at radius 1 is 1.29 bits per heavy atom. The molecule has 0 aromatic heterocycles. The minimum Gasteiger partial charge on any atom is -0.396 e. The molecule has 0 saturated heterocycles. The fourth-order valence-corrected chi connectivity index (χ4v) is 1.96. The molecular formula is C13H21ClN2O. The maximum Gasteiger partial charge on any atom is 0.0471 e. The van der Waals surface area contributed by atoms with E-state index in [-0.39, 0.29) is 6.61 Å². The van der Waals surface area contributed by atoms with Gasteiger partial charge in [-0.05, 0) is 37.0 Å². The van der Waals surface area contributed by atoms with Gasteiger partial charge in [0.15, 0.2) is 0 Å². The van der Waals surface area contributed by atoms with E-state index in [1.54, 1.807) is 0 Å². The summed E-state index contributed by atoms with van der Waals surface area (Å²) in [5.41, 5.74) is 7.65. The zero-order chi connectivity index (χ0) is 12.7. The first-order valence-corrected chi connectivity index (χ1v) is 6.37. The minimum absolute atomic E-state index is 0.279. The average molecular weight is 257 g/mol. The Morgan fingerprint density at radius 2 is 2.06 bits per heavy atom. The summed E-state index contributed by atoms with van der Waals surface area (Å²) in [6, 6.07) is 5.97. The second-order valence-corrected chi connectivity index (χ2v) is 4.59. The maximum absolute atomic E-state index is 8.70. The molecular weight excluding hydrogens is 236 g/mol. The van der Waals surface area contributed by atoms with Gasteiger partial charge in [-0.3, -0.25) is 0 Å². The third-order valence-electron chi connectivity index (χ3n) is 2.85. The van der Waals surface area contributed by atoms with Gasteiger partial charge in [0, 0.05) is 37.5 Å². The molecule has 0 unspecified atom stereocenters. The van der Waals surface area contributed by atoms with E-state index in [2.05, 4.69) is 4.90 Å². The van der Waals surface area contributed by atoms with Crippen molar-refractivity contribution in [3.63, 3.8) is 0 Å². The average Bonchev–Trinajstić information content (AvgIpc) is 2.34. The van der Waals surface area contributed by atoms with Gasteiger partial charge in [0.2, 0.25) is 0 Å². The topological polar surface area (TPSA) is 49.5 Å². The number of aliphatic hydroxyl groups excluding tert-OH is 1. The molecule has 0 amide bonds. The fraction of sp³-hybridized carbons (Fsp3) is 0.538. The van der Waals surface area contributed by atoms with Crippen molar-refractivity contribution < 1.29 is 5.11 Å². The van der Waals surface area contributed by atoms with Gasteiger partial charge in [-0.2, -0.15) is 0 Å². The first-order valence-electron chi connectivity index (χ1n) is 5.99. The number of aliphatic hydroxyl groups is 1. The monoisotopic (exact) mass is 256 g/mol. The van der Waals surface area contributed by atoms with Crippen LogP contribution in [0.4, 0.5) is 5.69 Å². The van der Waals surface area contributed by atoms with Gasteiger partial charge in [-0.25, -0.2) is 0 Å². The molecule has 0 aliphatic rings. The number of rotatable bonds is 7. The third kappa shape index (κ3) is 4.54. The van der Waals surface area contributed by atoms with E-state index in [0.717, 1.165) is 42.1 Å². The van der Waals surface area contributed by atoms with Gasteiger partial charge >= 0.3 is 0 Å². The van der Waals surface area contributed by atoms with Crippen LogP contribution in [0, 0.1) is 0 Å². The van der Waals surface area contributed by atoms with E-state index in [1.165, 1.54) is 0 Å². The van der Waals surface area contributed by atoms with Crippen LogP contribution in [0.15, 0.2) is 18.2 Å². The number of anilines is 1. The normalized spacial score (nSPS) is 10.6. The summed E-state index contributed by atoms with van der Waals surface area (Å²) < 4.78 is 0. The molecule has 3 nitrogen and oxygen atoms in total. The van der Waals surface area contributed by atoms with Crippen LogP contribution in [0.2, 0.25) is 5.02 Å². The number of nitrogens with zero attached hydrogens (tertiary/aromatic N) is 1. The highest BCUT2D eigenvalue weighted by Gasteiger charge is 2.04. The standard InChI is InChI=1S/C13H21ClN2O/c1-16(7-3-2-4-8-17)12-6-5-11(10-15)13(14)9-12/h5-6,9,17H,2-4,7-8,10,15H2,1H3. The predicted molar refractivity (Wildman–Crippen MR) is 73.6 cm³/mol. The van der Waals surface area contributed by atoms with E-state index < -0.39 is 0 Å². The van der Waals surface area contributed by atoms with Gasteiger partial charge in [0.1, 0.15) is 0 Å². The van der Waals surface area contributed by atoms with Gasteiger partial charge in [0.25, 0.3) is 0 Å². The summed E-state index contributed by atoms with van der Waals surface area (Å²) in [6.45, 7) is 1.72. The molecule has 0 aliphatic carbocycles. The van der Waals surface area contributed by atoms with Crippen molar-refractivity contribution in [3.8, 4) is 0 Å². The Hall–Kier alpha value is -0.770. The Labute approximate surface area is 108 Å². The Bertz CT molecular complexity index is 344. The van der Waals surface area contributed by atoms with Gasteiger partial charge in [0.05, 0.1) is 0 Å². The lowest BCUT2D eigenvalue weighted by Crippen LogP contribution is -2.18. The van der Waals surface area contributed by atoms with E-state index in [9.17, 15) is 0 Å². The van der Waals surface area contributed by atoms with Crippen LogP contribution in [0.25, 0.3) is 0 Å². The number of hydrogen-bond donors (Lipinski definition) is 2. The van der Waals surface area contributed by atoms with Crippen molar-refractivity contribution >= 4 is 17.3 Å². The van der Waals surface area contributed by atoms with Crippen molar-refractivity contribution in [1.29, 1.82) is 0 Å². The summed E-state index contributed by atoms with van der Waals surface area (Å²) in [7, 11) is 2.05. The molecule has 0 aliphatic heterocycles. The van der Waals surface area contributed by atoms with Crippen molar-refractivity contribution in [2.24, 2.45) is 5.73 Å². The summed E-state index contributed by atoms with van der Waals surface area (Å²) in [6.07, 6.45) is 3.00. The highest BCUT2D eigenvalue weighted by Crippen LogP contribution is 2.23. The fourth-order valence-electron chi connectivity index (χ4n) is 1.71. The molecule has 96 valence electrons. The highest BCUT2D eigenvalue weighted by molar-refractivity contribution is 6.31. The molecule has 0 bridgehead atoms. The third-order valence-corrected chi connectivity index (χ3v) is 3.20. The van der Waals surface area contributed by atoms with E-state index >= 15 is 0 Å². The Kier molecular flexibility index (Phi) is 6.34. The summed E-state index contributed by atoms with van der Waals surface area (Å²) in [4.78, 5) is 2.17. The number of unbranched alkanes of at least 4 members (excludes halogenated alkanes) is 2. The maximum atomic E-state index is 8.70. The van der Waals surface area contributed by atoms with Crippen molar-refractivity contribution in [2.75, 3.05) is 25.1 Å².